The number of piperazine rings is 1. The van der Waals surface area contributed by atoms with Crippen LogP contribution in [0.1, 0.15) is 26.2 Å². The fraction of sp³-hybridized carbons (Fsp3) is 1.00. The third-order valence-electron chi connectivity index (χ3n) is 4.82. The zero-order valence-corrected chi connectivity index (χ0v) is 12.3. The van der Waals surface area contributed by atoms with Crippen molar-refractivity contribution in [1.29, 1.82) is 0 Å². The highest BCUT2D eigenvalue weighted by atomic mass is 16.5. The Bertz CT molecular complexity index is 275. The predicted octanol–water partition coefficient (Wildman–Crippen LogP) is 0.781. The maximum Gasteiger partial charge on any atom is 0.0623 e. The normalized spacial score (nSPS) is 33.9. The lowest BCUT2D eigenvalue weighted by atomic mass is 10.0. The SMILES string of the molecule is CCCNC1COCC1CN1CCN(C2CC2)CC1. The van der Waals surface area contributed by atoms with Crippen LogP contribution in [-0.4, -0.2) is 74.4 Å². The Kier molecular flexibility index (Phi) is 4.74. The Hall–Kier alpha value is -0.160. The summed E-state index contributed by atoms with van der Waals surface area (Å²) in [4.78, 5) is 5.34. The summed E-state index contributed by atoms with van der Waals surface area (Å²) in [5.41, 5.74) is 0. The molecule has 4 nitrogen and oxygen atoms in total. The molecule has 4 heteroatoms. The van der Waals surface area contributed by atoms with E-state index in [0.717, 1.165) is 25.8 Å². The van der Waals surface area contributed by atoms with Gasteiger partial charge in [-0.05, 0) is 25.8 Å². The van der Waals surface area contributed by atoms with Crippen molar-refractivity contribution in [3.05, 3.63) is 0 Å². The Labute approximate surface area is 117 Å². The summed E-state index contributed by atoms with van der Waals surface area (Å²) >= 11 is 0. The Morgan fingerprint density at radius 2 is 1.89 bits per heavy atom. The number of hydrogen-bond acceptors (Lipinski definition) is 4. The average Bonchev–Trinajstić information content (AvgIpc) is 3.19. The second-order valence-corrected chi connectivity index (χ2v) is 6.43. The summed E-state index contributed by atoms with van der Waals surface area (Å²) in [6.07, 6.45) is 4.10. The van der Waals surface area contributed by atoms with Crippen molar-refractivity contribution in [2.75, 3.05) is 52.5 Å². The van der Waals surface area contributed by atoms with E-state index in [-0.39, 0.29) is 0 Å². The van der Waals surface area contributed by atoms with E-state index < -0.39 is 0 Å². The van der Waals surface area contributed by atoms with E-state index in [1.165, 1.54) is 52.0 Å². The van der Waals surface area contributed by atoms with Crippen molar-refractivity contribution in [3.8, 4) is 0 Å². The number of nitrogens with zero attached hydrogens (tertiary/aromatic N) is 2. The highest BCUT2D eigenvalue weighted by Gasteiger charge is 2.33. The molecule has 2 saturated heterocycles. The van der Waals surface area contributed by atoms with Gasteiger partial charge >= 0.3 is 0 Å². The lowest BCUT2D eigenvalue weighted by molar-refractivity contribution is 0.104. The van der Waals surface area contributed by atoms with Gasteiger partial charge in [0.25, 0.3) is 0 Å². The molecule has 1 saturated carbocycles. The second kappa shape index (κ2) is 6.53. The molecule has 3 fully saturated rings. The van der Waals surface area contributed by atoms with Crippen molar-refractivity contribution in [3.63, 3.8) is 0 Å². The Balaban J connectivity index is 1.40. The molecule has 0 aromatic rings. The van der Waals surface area contributed by atoms with E-state index in [4.69, 9.17) is 4.74 Å². The van der Waals surface area contributed by atoms with Crippen LogP contribution in [0.3, 0.4) is 0 Å². The Morgan fingerprint density at radius 3 is 2.58 bits per heavy atom. The molecule has 1 aliphatic carbocycles. The molecule has 0 aromatic heterocycles. The zero-order chi connectivity index (χ0) is 13.1. The van der Waals surface area contributed by atoms with E-state index in [0.29, 0.717) is 12.0 Å². The lowest BCUT2D eigenvalue weighted by Gasteiger charge is -2.36. The highest BCUT2D eigenvalue weighted by Crippen LogP contribution is 2.27. The highest BCUT2D eigenvalue weighted by molar-refractivity contribution is 4.89. The monoisotopic (exact) mass is 267 g/mol. The number of hydrogen-bond donors (Lipinski definition) is 1. The van der Waals surface area contributed by atoms with Gasteiger partial charge in [-0.1, -0.05) is 6.92 Å². The summed E-state index contributed by atoms with van der Waals surface area (Å²) < 4.78 is 5.68. The maximum absolute atomic E-state index is 5.68. The van der Waals surface area contributed by atoms with Gasteiger partial charge in [0, 0.05) is 50.7 Å². The molecule has 2 atom stereocenters. The second-order valence-electron chi connectivity index (χ2n) is 6.43. The van der Waals surface area contributed by atoms with Crippen molar-refractivity contribution < 1.29 is 4.74 Å². The van der Waals surface area contributed by atoms with E-state index >= 15 is 0 Å². The summed E-state index contributed by atoms with van der Waals surface area (Å²) in [7, 11) is 0. The van der Waals surface area contributed by atoms with Crippen molar-refractivity contribution in [2.24, 2.45) is 5.92 Å². The van der Waals surface area contributed by atoms with Gasteiger partial charge in [0.1, 0.15) is 0 Å². The molecule has 2 unspecified atom stereocenters. The summed E-state index contributed by atoms with van der Waals surface area (Å²) in [6.45, 7) is 11.5. The first-order valence-corrected chi connectivity index (χ1v) is 8.14. The first-order chi connectivity index (χ1) is 9.36. The van der Waals surface area contributed by atoms with Gasteiger partial charge in [0.05, 0.1) is 13.2 Å². The van der Waals surface area contributed by atoms with Gasteiger partial charge in [-0.2, -0.15) is 0 Å². The van der Waals surface area contributed by atoms with Crippen molar-refractivity contribution in [2.45, 2.75) is 38.3 Å². The quantitative estimate of drug-likeness (QED) is 0.770. The number of rotatable bonds is 6. The third kappa shape index (κ3) is 3.69. The van der Waals surface area contributed by atoms with Gasteiger partial charge in [0.2, 0.25) is 0 Å². The first-order valence-electron chi connectivity index (χ1n) is 8.14. The maximum atomic E-state index is 5.68. The van der Waals surface area contributed by atoms with Gasteiger partial charge in [-0.3, -0.25) is 4.90 Å². The van der Waals surface area contributed by atoms with Gasteiger partial charge in [-0.25, -0.2) is 0 Å². The van der Waals surface area contributed by atoms with Crippen LogP contribution in [0.25, 0.3) is 0 Å². The molecular formula is C15H29N3O. The van der Waals surface area contributed by atoms with E-state index in [1.807, 2.05) is 0 Å². The summed E-state index contributed by atoms with van der Waals surface area (Å²) in [5.74, 6) is 0.694. The predicted molar refractivity (Wildman–Crippen MR) is 77.4 cm³/mol. The molecular weight excluding hydrogens is 238 g/mol. The molecule has 2 aliphatic heterocycles. The van der Waals surface area contributed by atoms with Crippen molar-refractivity contribution >= 4 is 0 Å². The summed E-state index contributed by atoms with van der Waals surface area (Å²) in [5, 5.41) is 3.65. The molecule has 110 valence electrons. The van der Waals surface area contributed by atoms with Gasteiger partial charge in [0.15, 0.2) is 0 Å². The van der Waals surface area contributed by atoms with Crippen LogP contribution in [0, 0.1) is 5.92 Å². The smallest absolute Gasteiger partial charge is 0.0623 e. The number of nitrogens with one attached hydrogen (secondary N) is 1. The van der Waals surface area contributed by atoms with Gasteiger partial charge < -0.3 is 15.0 Å². The fourth-order valence-electron chi connectivity index (χ4n) is 3.42. The lowest BCUT2D eigenvalue weighted by Crippen LogP contribution is -2.50. The molecule has 1 N–H and O–H groups in total. The topological polar surface area (TPSA) is 27.7 Å². The molecule has 0 aromatic carbocycles. The minimum Gasteiger partial charge on any atom is -0.379 e. The van der Waals surface area contributed by atoms with Crippen LogP contribution >= 0.6 is 0 Å². The minimum atomic E-state index is 0.585. The Morgan fingerprint density at radius 1 is 1.11 bits per heavy atom. The van der Waals surface area contributed by atoms with E-state index in [2.05, 4.69) is 22.0 Å². The average molecular weight is 267 g/mol. The molecule has 3 rings (SSSR count). The van der Waals surface area contributed by atoms with Crippen LogP contribution in [-0.2, 0) is 4.74 Å². The van der Waals surface area contributed by atoms with Gasteiger partial charge in [-0.15, -0.1) is 0 Å². The molecule has 2 heterocycles. The van der Waals surface area contributed by atoms with E-state index in [9.17, 15) is 0 Å². The van der Waals surface area contributed by atoms with Crippen LogP contribution in [0.15, 0.2) is 0 Å². The standard InChI is InChI=1S/C15H29N3O/c1-2-5-16-15-12-19-11-13(15)10-17-6-8-18(9-7-17)14-3-4-14/h13-16H,2-12H2,1H3. The zero-order valence-electron chi connectivity index (χ0n) is 12.3. The fourth-order valence-corrected chi connectivity index (χ4v) is 3.42. The molecule has 3 aliphatic rings. The van der Waals surface area contributed by atoms with Crippen LogP contribution in [0.4, 0.5) is 0 Å². The minimum absolute atomic E-state index is 0.585. The van der Waals surface area contributed by atoms with Crippen LogP contribution < -0.4 is 5.32 Å². The first kappa shape index (κ1) is 13.8. The molecule has 0 radical (unpaired) electrons. The third-order valence-corrected chi connectivity index (χ3v) is 4.82. The van der Waals surface area contributed by atoms with Crippen LogP contribution in [0.5, 0.6) is 0 Å². The molecule has 0 bridgehead atoms. The van der Waals surface area contributed by atoms with Crippen molar-refractivity contribution in [1.82, 2.24) is 15.1 Å². The summed E-state index contributed by atoms with van der Waals surface area (Å²) in [6, 6.07) is 1.53. The van der Waals surface area contributed by atoms with Crippen LogP contribution in [0.2, 0.25) is 0 Å². The molecule has 0 spiro atoms. The molecule has 19 heavy (non-hydrogen) atoms. The molecule has 0 amide bonds. The largest absolute Gasteiger partial charge is 0.379 e. The van der Waals surface area contributed by atoms with E-state index in [1.54, 1.807) is 0 Å². The number of ether oxygens (including phenoxy) is 1.